The Balaban J connectivity index is 1.82. The second-order valence-corrected chi connectivity index (χ2v) is 11.1. The van der Waals surface area contributed by atoms with E-state index in [4.69, 9.17) is 14.5 Å². The van der Waals surface area contributed by atoms with E-state index < -0.39 is 25.1 Å². The third-order valence-electron chi connectivity index (χ3n) is 6.91. The Bertz CT molecular complexity index is 1360. The number of carbonyl (C=O) groups excluding carboxylic acids is 1. The summed E-state index contributed by atoms with van der Waals surface area (Å²) in [7, 11) is 1.11. The van der Waals surface area contributed by atoms with Crippen LogP contribution in [0.5, 0.6) is 11.5 Å². The second-order valence-electron chi connectivity index (χ2n) is 11.1. The van der Waals surface area contributed by atoms with Crippen LogP contribution in [0, 0.1) is 11.3 Å². The summed E-state index contributed by atoms with van der Waals surface area (Å²) in [5.41, 5.74) is 1.29. The van der Waals surface area contributed by atoms with E-state index in [1.807, 2.05) is 4.57 Å². The number of aromatic nitrogens is 2. The molecular formula is C28H30F6N2O4. The first-order valence-electron chi connectivity index (χ1n) is 12.7. The van der Waals surface area contributed by atoms with E-state index >= 15 is 0 Å². The van der Waals surface area contributed by atoms with Gasteiger partial charge in [0.05, 0.1) is 18.1 Å². The Hall–Kier alpha value is -3.44. The molecule has 1 aromatic heterocycles. The van der Waals surface area contributed by atoms with Crippen LogP contribution in [0.25, 0.3) is 11.0 Å². The number of hydrogen-bond acceptors (Lipinski definition) is 5. The maximum atomic E-state index is 13.0. The summed E-state index contributed by atoms with van der Waals surface area (Å²) in [4.78, 5) is 17.2. The number of rotatable bonds is 7. The largest absolute Gasteiger partial charge is 0.573 e. The third kappa shape index (κ3) is 7.19. The molecule has 2 unspecified atom stereocenters. The van der Waals surface area contributed by atoms with Crippen LogP contribution in [-0.4, -0.2) is 41.8 Å². The topological polar surface area (TPSA) is 62.6 Å². The van der Waals surface area contributed by atoms with Crippen molar-refractivity contribution >= 4 is 17.0 Å². The minimum Gasteiger partial charge on any atom is -0.483 e. The molecule has 2 atom stereocenters. The van der Waals surface area contributed by atoms with E-state index in [-0.39, 0.29) is 34.9 Å². The highest BCUT2D eigenvalue weighted by Gasteiger charge is 2.36. The number of fused-ring (bicyclic) bond motifs is 1. The smallest absolute Gasteiger partial charge is 0.483 e. The van der Waals surface area contributed by atoms with Crippen molar-refractivity contribution in [2.24, 2.45) is 11.3 Å². The average Bonchev–Trinajstić information content (AvgIpc) is 3.16. The lowest BCUT2D eigenvalue weighted by Gasteiger charge is -2.40. The fraction of sp³-hybridized carbons (Fsp3) is 0.500. The number of methoxy groups -OCH3 is 1. The SMILES string of the molecule is COC(=O)c1cc2nc(Cc3ccc(OC(F)(F)F)cc3)n(C3CC(C)CC(C)(C)C3)c2cc1OCC(F)(F)F. The predicted octanol–water partition coefficient (Wildman–Crippen LogP) is 7.64. The van der Waals surface area contributed by atoms with Crippen LogP contribution in [0.3, 0.4) is 0 Å². The highest BCUT2D eigenvalue weighted by molar-refractivity contribution is 5.97. The number of benzene rings is 2. The molecule has 0 amide bonds. The number of hydrogen-bond donors (Lipinski definition) is 0. The Morgan fingerprint density at radius 3 is 2.33 bits per heavy atom. The first kappa shape index (κ1) is 29.5. The maximum absolute atomic E-state index is 13.0. The van der Waals surface area contributed by atoms with E-state index in [0.717, 1.165) is 26.4 Å². The van der Waals surface area contributed by atoms with Crippen LogP contribution in [0.4, 0.5) is 26.3 Å². The second kappa shape index (κ2) is 10.9. The lowest BCUT2D eigenvalue weighted by molar-refractivity contribution is -0.274. The molecule has 218 valence electrons. The number of esters is 1. The fourth-order valence-corrected chi connectivity index (χ4v) is 5.74. The van der Waals surface area contributed by atoms with Crippen molar-refractivity contribution in [3.05, 3.63) is 53.3 Å². The minimum absolute atomic E-state index is 0.0195. The van der Waals surface area contributed by atoms with Crippen molar-refractivity contribution in [2.75, 3.05) is 13.7 Å². The zero-order valence-corrected chi connectivity index (χ0v) is 22.4. The zero-order valence-electron chi connectivity index (χ0n) is 22.4. The summed E-state index contributed by atoms with van der Waals surface area (Å²) < 4.78 is 92.5. The molecule has 12 heteroatoms. The molecule has 3 aromatic rings. The van der Waals surface area contributed by atoms with Crippen LogP contribution < -0.4 is 9.47 Å². The molecule has 0 N–H and O–H groups in total. The van der Waals surface area contributed by atoms with Crippen LogP contribution in [-0.2, 0) is 11.2 Å². The summed E-state index contributed by atoms with van der Waals surface area (Å²) in [6.45, 7) is 4.85. The van der Waals surface area contributed by atoms with Gasteiger partial charge in [0, 0.05) is 18.5 Å². The van der Waals surface area contributed by atoms with Crippen molar-refractivity contribution < 1.29 is 45.3 Å². The molecule has 0 saturated heterocycles. The number of imidazole rings is 1. The molecule has 1 fully saturated rings. The molecule has 1 aliphatic rings. The molecule has 1 aliphatic carbocycles. The Morgan fingerprint density at radius 1 is 1.07 bits per heavy atom. The number of ether oxygens (including phenoxy) is 3. The molecule has 1 saturated carbocycles. The lowest BCUT2D eigenvalue weighted by atomic mass is 9.70. The van der Waals surface area contributed by atoms with Gasteiger partial charge in [0.2, 0.25) is 0 Å². The third-order valence-corrected chi connectivity index (χ3v) is 6.91. The van der Waals surface area contributed by atoms with Gasteiger partial charge in [0.1, 0.15) is 22.9 Å². The molecule has 40 heavy (non-hydrogen) atoms. The molecule has 6 nitrogen and oxygen atoms in total. The van der Waals surface area contributed by atoms with Crippen molar-refractivity contribution in [2.45, 2.75) is 65.0 Å². The fourth-order valence-electron chi connectivity index (χ4n) is 5.74. The molecular weight excluding hydrogens is 542 g/mol. The Kier molecular flexibility index (Phi) is 8.01. The molecule has 4 rings (SSSR count). The molecule has 0 bridgehead atoms. The van der Waals surface area contributed by atoms with Crippen molar-refractivity contribution in [1.29, 1.82) is 0 Å². The summed E-state index contributed by atoms with van der Waals surface area (Å²) in [6.07, 6.45) is -6.66. The van der Waals surface area contributed by atoms with Gasteiger partial charge >= 0.3 is 18.5 Å². The summed E-state index contributed by atoms with van der Waals surface area (Å²) >= 11 is 0. The van der Waals surface area contributed by atoms with Gasteiger partial charge in [0.25, 0.3) is 0 Å². The van der Waals surface area contributed by atoms with E-state index in [0.29, 0.717) is 28.3 Å². The quantitative estimate of drug-likeness (QED) is 0.215. The van der Waals surface area contributed by atoms with Crippen molar-refractivity contribution in [3.8, 4) is 11.5 Å². The number of alkyl halides is 6. The van der Waals surface area contributed by atoms with Crippen LogP contribution in [0.15, 0.2) is 36.4 Å². The Labute approximate surface area is 227 Å². The highest BCUT2D eigenvalue weighted by atomic mass is 19.4. The lowest BCUT2D eigenvalue weighted by Crippen LogP contribution is -2.30. The first-order valence-corrected chi connectivity index (χ1v) is 12.7. The molecule has 0 radical (unpaired) electrons. The van der Waals surface area contributed by atoms with Crippen LogP contribution in [0.2, 0.25) is 0 Å². The highest BCUT2D eigenvalue weighted by Crippen LogP contribution is 2.46. The normalized spacial score (nSPS) is 19.4. The van der Waals surface area contributed by atoms with Crippen LogP contribution in [0.1, 0.15) is 67.8 Å². The number of carbonyl (C=O) groups is 1. The zero-order chi connectivity index (χ0) is 29.5. The van der Waals surface area contributed by atoms with E-state index in [1.54, 1.807) is 0 Å². The minimum atomic E-state index is -4.82. The van der Waals surface area contributed by atoms with Gasteiger partial charge < -0.3 is 18.8 Å². The molecule has 0 aliphatic heterocycles. The van der Waals surface area contributed by atoms with Gasteiger partial charge in [-0.3, -0.25) is 0 Å². The van der Waals surface area contributed by atoms with Crippen molar-refractivity contribution in [3.63, 3.8) is 0 Å². The maximum Gasteiger partial charge on any atom is 0.573 e. The van der Waals surface area contributed by atoms with E-state index in [9.17, 15) is 31.1 Å². The molecule has 2 aromatic carbocycles. The Morgan fingerprint density at radius 2 is 1.75 bits per heavy atom. The molecule has 0 spiro atoms. The summed E-state index contributed by atoms with van der Waals surface area (Å²) in [5, 5.41) is 0. The first-order chi connectivity index (χ1) is 18.5. The average molecular weight is 573 g/mol. The van der Waals surface area contributed by atoms with Crippen molar-refractivity contribution in [1.82, 2.24) is 9.55 Å². The van der Waals surface area contributed by atoms with E-state index in [1.165, 1.54) is 36.4 Å². The van der Waals surface area contributed by atoms with Gasteiger partial charge in [-0.05, 0) is 54.4 Å². The number of nitrogens with zero attached hydrogens (tertiary/aromatic N) is 2. The van der Waals surface area contributed by atoms with E-state index in [2.05, 4.69) is 25.5 Å². The van der Waals surface area contributed by atoms with Gasteiger partial charge in [-0.1, -0.05) is 32.9 Å². The molecule has 1 heterocycles. The van der Waals surface area contributed by atoms with Gasteiger partial charge in [0.15, 0.2) is 6.61 Å². The summed E-state index contributed by atoms with van der Waals surface area (Å²) in [5.74, 6) is -0.600. The predicted molar refractivity (Wildman–Crippen MR) is 134 cm³/mol. The van der Waals surface area contributed by atoms with Crippen LogP contribution >= 0.6 is 0 Å². The number of halogens is 6. The summed E-state index contributed by atoms with van der Waals surface area (Å²) in [6, 6.07) is 8.08. The monoisotopic (exact) mass is 572 g/mol. The van der Waals surface area contributed by atoms with Gasteiger partial charge in [-0.25, -0.2) is 9.78 Å². The van der Waals surface area contributed by atoms with Gasteiger partial charge in [-0.15, -0.1) is 13.2 Å². The standard InChI is InChI=1S/C28H30F6N2O4/c1-16-9-18(14-26(2,3)13-16)36-22-12-23(39-15-27(29,30)31)20(25(37)38-4)11-21(22)35-24(36)10-17-5-7-19(8-6-17)40-28(32,33)34/h5-8,11-12,16,18H,9-10,13-15H2,1-4H3. The van der Waals surface area contributed by atoms with Gasteiger partial charge in [-0.2, -0.15) is 13.2 Å².